The van der Waals surface area contributed by atoms with Crippen molar-refractivity contribution in [2.24, 2.45) is 17.8 Å². The molecular weight excluding hydrogens is 376 g/mol. The molecule has 4 aliphatic rings. The van der Waals surface area contributed by atoms with Crippen molar-refractivity contribution in [1.29, 1.82) is 0 Å². The molecule has 160 valence electrons. The van der Waals surface area contributed by atoms with Gasteiger partial charge in [-0.2, -0.15) is 0 Å². The molecule has 3 aromatic carbocycles. The highest BCUT2D eigenvalue weighted by atomic mass is 16.5. The molecule has 31 heavy (non-hydrogen) atoms. The monoisotopic (exact) mass is 410 g/mol. The van der Waals surface area contributed by atoms with E-state index in [9.17, 15) is 0 Å². The Bertz CT molecular complexity index is 1150. The minimum atomic E-state index is 0.342. The van der Waals surface area contributed by atoms with Gasteiger partial charge in [-0.15, -0.1) is 0 Å². The first-order chi connectivity index (χ1) is 15.0. The number of hydrogen-bond donors (Lipinski definition) is 0. The lowest BCUT2D eigenvalue weighted by Gasteiger charge is -2.57. The van der Waals surface area contributed by atoms with Crippen LogP contribution in [-0.4, -0.2) is 7.11 Å². The molecule has 0 spiro atoms. The molecular formula is C30H34O. The Morgan fingerprint density at radius 1 is 0.742 bits per heavy atom. The maximum absolute atomic E-state index is 5.96. The zero-order chi connectivity index (χ0) is 21.3. The smallest absolute Gasteiger partial charge is 0.122 e. The van der Waals surface area contributed by atoms with Gasteiger partial charge in [-0.3, -0.25) is 0 Å². The summed E-state index contributed by atoms with van der Waals surface area (Å²) in [7, 11) is 1.85. The van der Waals surface area contributed by atoms with Crippen molar-refractivity contribution in [1.82, 2.24) is 0 Å². The Morgan fingerprint density at radius 2 is 1.35 bits per heavy atom. The summed E-state index contributed by atoms with van der Waals surface area (Å²) in [6, 6.07) is 16.3. The van der Waals surface area contributed by atoms with E-state index >= 15 is 0 Å². The quantitative estimate of drug-likeness (QED) is 0.426. The van der Waals surface area contributed by atoms with Crippen molar-refractivity contribution >= 4 is 10.8 Å². The Labute approximate surface area is 186 Å². The molecule has 0 aliphatic heterocycles. The Hall–Kier alpha value is -2.28. The summed E-state index contributed by atoms with van der Waals surface area (Å²) in [5, 5.41) is 2.77. The zero-order valence-electron chi connectivity index (χ0n) is 19.4. The number of aryl methyl sites for hydroxylation is 3. The summed E-state index contributed by atoms with van der Waals surface area (Å²) in [5.74, 6) is 3.92. The highest BCUT2D eigenvalue weighted by molar-refractivity contribution is 5.94. The molecule has 0 amide bonds. The molecule has 1 heteroatoms. The van der Waals surface area contributed by atoms with Crippen LogP contribution in [0.25, 0.3) is 21.9 Å². The summed E-state index contributed by atoms with van der Waals surface area (Å²) >= 11 is 0. The second-order valence-corrected chi connectivity index (χ2v) is 11.0. The van der Waals surface area contributed by atoms with Crippen molar-refractivity contribution in [2.45, 2.75) is 64.7 Å². The van der Waals surface area contributed by atoms with E-state index in [4.69, 9.17) is 4.74 Å². The predicted octanol–water partition coefficient (Wildman–Crippen LogP) is 7.91. The standard InChI is InChI=1S/C30H34O/c1-18-5-7-27-20(3)25(8-9-26(27)19(18)2)24-6-10-29(31-4)28(14-24)30-15-21-11-22(16-30)13-23(12-21)17-30/h5-10,14,21-23H,11-13,15-17H2,1-4H3. The van der Waals surface area contributed by atoms with Gasteiger partial charge in [0.05, 0.1) is 7.11 Å². The average molecular weight is 411 g/mol. The normalized spacial score (nSPS) is 29.0. The third kappa shape index (κ3) is 2.89. The first-order valence-corrected chi connectivity index (χ1v) is 12.2. The first kappa shape index (κ1) is 19.4. The average Bonchev–Trinajstić information content (AvgIpc) is 2.75. The number of rotatable bonds is 3. The van der Waals surface area contributed by atoms with Gasteiger partial charge in [0, 0.05) is 5.56 Å². The summed E-state index contributed by atoms with van der Waals surface area (Å²) in [6.07, 6.45) is 8.54. The maximum atomic E-state index is 5.96. The first-order valence-electron chi connectivity index (χ1n) is 12.2. The third-order valence-electron chi connectivity index (χ3n) is 9.13. The van der Waals surface area contributed by atoms with E-state index in [2.05, 4.69) is 63.2 Å². The van der Waals surface area contributed by atoms with Crippen LogP contribution in [0.1, 0.15) is 60.8 Å². The Kier molecular flexibility index (Phi) is 4.29. The van der Waals surface area contributed by atoms with Crippen LogP contribution in [0.2, 0.25) is 0 Å². The van der Waals surface area contributed by atoms with E-state index < -0.39 is 0 Å². The minimum absolute atomic E-state index is 0.342. The maximum Gasteiger partial charge on any atom is 0.122 e. The highest BCUT2D eigenvalue weighted by Gasteiger charge is 2.52. The molecule has 4 fully saturated rings. The largest absolute Gasteiger partial charge is 0.496 e. The molecule has 7 rings (SSSR count). The highest BCUT2D eigenvalue weighted by Crippen LogP contribution is 2.62. The number of methoxy groups -OCH3 is 1. The van der Waals surface area contributed by atoms with Gasteiger partial charge < -0.3 is 4.74 Å². The molecule has 0 saturated heterocycles. The van der Waals surface area contributed by atoms with Crippen molar-refractivity contribution < 1.29 is 4.74 Å². The zero-order valence-corrected chi connectivity index (χ0v) is 19.4. The number of hydrogen-bond acceptors (Lipinski definition) is 1. The van der Waals surface area contributed by atoms with Crippen LogP contribution in [0.5, 0.6) is 5.75 Å². The van der Waals surface area contributed by atoms with Gasteiger partial charge >= 0.3 is 0 Å². The van der Waals surface area contributed by atoms with E-state index in [1.54, 1.807) is 0 Å². The molecule has 0 heterocycles. The second kappa shape index (κ2) is 6.86. The van der Waals surface area contributed by atoms with Gasteiger partial charge in [0.25, 0.3) is 0 Å². The van der Waals surface area contributed by atoms with E-state index in [1.807, 2.05) is 7.11 Å². The van der Waals surface area contributed by atoms with Crippen molar-refractivity contribution in [2.75, 3.05) is 7.11 Å². The van der Waals surface area contributed by atoms with Crippen LogP contribution in [-0.2, 0) is 5.41 Å². The predicted molar refractivity (Wildman–Crippen MR) is 130 cm³/mol. The van der Waals surface area contributed by atoms with E-state index in [0.717, 1.165) is 23.5 Å². The summed E-state index contributed by atoms with van der Waals surface area (Å²) in [5.41, 5.74) is 8.71. The van der Waals surface area contributed by atoms with Gasteiger partial charge in [0.15, 0.2) is 0 Å². The summed E-state index contributed by atoms with van der Waals surface area (Å²) < 4.78 is 5.96. The fourth-order valence-corrected chi connectivity index (χ4v) is 7.86. The molecule has 4 aliphatic carbocycles. The molecule has 3 aromatic rings. The second-order valence-electron chi connectivity index (χ2n) is 11.0. The fraction of sp³-hybridized carbons (Fsp3) is 0.467. The molecule has 0 atom stereocenters. The minimum Gasteiger partial charge on any atom is -0.496 e. The van der Waals surface area contributed by atoms with Crippen molar-refractivity contribution in [3.8, 4) is 16.9 Å². The topological polar surface area (TPSA) is 9.23 Å². The van der Waals surface area contributed by atoms with Crippen LogP contribution in [0.3, 0.4) is 0 Å². The lowest BCUT2D eigenvalue weighted by Crippen LogP contribution is -2.48. The molecule has 0 unspecified atom stereocenters. The number of fused-ring (bicyclic) bond motifs is 1. The molecule has 0 aromatic heterocycles. The molecule has 0 N–H and O–H groups in total. The van der Waals surface area contributed by atoms with Gasteiger partial charge in [0.1, 0.15) is 5.75 Å². The SMILES string of the molecule is COc1ccc(-c2ccc3c(C)c(C)ccc3c2C)cc1C12CC3CC(CC(C3)C1)C2. The number of benzene rings is 3. The Balaban J connectivity index is 1.50. The van der Waals surface area contributed by atoms with Gasteiger partial charge in [0.2, 0.25) is 0 Å². The fourth-order valence-electron chi connectivity index (χ4n) is 7.86. The van der Waals surface area contributed by atoms with Crippen LogP contribution >= 0.6 is 0 Å². The summed E-state index contributed by atoms with van der Waals surface area (Å²) in [4.78, 5) is 0. The van der Waals surface area contributed by atoms with Crippen molar-refractivity contribution in [3.05, 3.63) is 64.7 Å². The number of ether oxygens (including phenoxy) is 1. The molecule has 4 bridgehead atoms. The lowest BCUT2D eigenvalue weighted by atomic mass is 9.48. The van der Waals surface area contributed by atoms with E-state index in [1.165, 1.54) is 82.7 Å². The molecule has 4 saturated carbocycles. The van der Waals surface area contributed by atoms with E-state index in [0.29, 0.717) is 5.41 Å². The van der Waals surface area contributed by atoms with E-state index in [-0.39, 0.29) is 0 Å². The molecule has 0 radical (unpaired) electrons. The molecule has 1 nitrogen and oxygen atoms in total. The summed E-state index contributed by atoms with van der Waals surface area (Å²) in [6.45, 7) is 6.75. The van der Waals surface area contributed by atoms with Crippen LogP contribution in [0, 0.1) is 38.5 Å². The van der Waals surface area contributed by atoms with Crippen molar-refractivity contribution in [3.63, 3.8) is 0 Å². The van der Waals surface area contributed by atoms with Gasteiger partial charge in [-0.05, 0) is 133 Å². The van der Waals surface area contributed by atoms with Crippen LogP contribution < -0.4 is 4.74 Å². The lowest BCUT2D eigenvalue weighted by molar-refractivity contribution is -0.00613. The van der Waals surface area contributed by atoms with Gasteiger partial charge in [-0.25, -0.2) is 0 Å². The van der Waals surface area contributed by atoms with Crippen LogP contribution in [0.4, 0.5) is 0 Å². The third-order valence-corrected chi connectivity index (χ3v) is 9.13. The van der Waals surface area contributed by atoms with Crippen LogP contribution in [0.15, 0.2) is 42.5 Å². The Morgan fingerprint density at radius 3 is 2.00 bits per heavy atom. The van der Waals surface area contributed by atoms with Gasteiger partial charge in [-0.1, -0.05) is 30.3 Å².